The first-order valence-electron chi connectivity index (χ1n) is 6.01. The molecule has 0 aromatic carbocycles. The maximum atomic E-state index is 12.5. The van der Waals surface area contributed by atoms with Crippen LogP contribution in [0.4, 0.5) is 43.9 Å². The third kappa shape index (κ3) is 7.12. The zero-order valence-electron chi connectivity index (χ0n) is 11.2. The van der Waals surface area contributed by atoms with Crippen LogP contribution in [-0.2, 0) is 9.84 Å². The average molecular weight is 386 g/mol. The van der Waals surface area contributed by atoms with Gasteiger partial charge in [-0.1, -0.05) is 0 Å². The molecule has 0 amide bonds. The molecular formula is C10H12F10O2S. The second-order valence-electron chi connectivity index (χ2n) is 4.76. The fraction of sp³-hybridized carbons (Fsp3) is 1.00. The molecule has 0 radical (unpaired) electrons. The van der Waals surface area contributed by atoms with E-state index in [1.807, 2.05) is 0 Å². The van der Waals surface area contributed by atoms with Crippen molar-refractivity contribution in [3.8, 4) is 0 Å². The summed E-state index contributed by atoms with van der Waals surface area (Å²) in [6, 6.07) is 0. The molecule has 0 aromatic heterocycles. The van der Waals surface area contributed by atoms with Gasteiger partial charge in [0.25, 0.3) is 0 Å². The van der Waals surface area contributed by atoms with Gasteiger partial charge in [0.1, 0.15) is 9.84 Å². The van der Waals surface area contributed by atoms with E-state index in [4.69, 9.17) is 0 Å². The first kappa shape index (κ1) is 22.2. The molecule has 0 heterocycles. The summed E-state index contributed by atoms with van der Waals surface area (Å²) in [5.41, 5.74) is 0. The van der Waals surface area contributed by atoms with Crippen LogP contribution in [0.25, 0.3) is 0 Å². The Balaban J connectivity index is 4.38. The number of sulfone groups is 1. The lowest BCUT2D eigenvalue weighted by atomic mass is 10.2. The molecule has 0 aliphatic carbocycles. The molecule has 2 nitrogen and oxygen atoms in total. The smallest absolute Gasteiger partial charge is 0.229 e. The number of rotatable bonds is 8. The summed E-state index contributed by atoms with van der Waals surface area (Å²) in [6.07, 6.45) is -17.6. The molecule has 0 atom stereocenters. The van der Waals surface area contributed by atoms with Gasteiger partial charge in [-0.05, 0) is 12.8 Å². The topological polar surface area (TPSA) is 34.1 Å². The minimum atomic E-state index is -5.86. The SMILES string of the molecule is O=S(=O)(CCCC(F)(F)C(F)(F)F)CCCC(F)(F)C(F)(F)F. The van der Waals surface area contributed by atoms with E-state index in [0.717, 1.165) is 0 Å². The summed E-state index contributed by atoms with van der Waals surface area (Å²) in [7, 11) is -4.32. The fourth-order valence-corrected chi connectivity index (χ4v) is 2.79. The number of halogens is 10. The molecule has 0 saturated heterocycles. The summed E-state index contributed by atoms with van der Waals surface area (Å²) < 4.78 is 143. The normalized spacial score (nSPS) is 15.0. The van der Waals surface area contributed by atoms with Gasteiger partial charge in [0.2, 0.25) is 0 Å². The fourth-order valence-electron chi connectivity index (χ4n) is 1.41. The highest BCUT2D eigenvalue weighted by Gasteiger charge is 2.57. The molecule has 23 heavy (non-hydrogen) atoms. The van der Waals surface area contributed by atoms with Gasteiger partial charge in [-0.3, -0.25) is 0 Å². The summed E-state index contributed by atoms with van der Waals surface area (Å²) >= 11 is 0. The zero-order valence-corrected chi connectivity index (χ0v) is 12.1. The van der Waals surface area contributed by atoms with E-state index in [0.29, 0.717) is 0 Å². The van der Waals surface area contributed by atoms with Crippen molar-refractivity contribution in [3.63, 3.8) is 0 Å². The van der Waals surface area contributed by atoms with E-state index in [1.165, 1.54) is 0 Å². The van der Waals surface area contributed by atoms with E-state index in [-0.39, 0.29) is 0 Å². The van der Waals surface area contributed by atoms with Crippen molar-refractivity contribution in [2.45, 2.75) is 49.9 Å². The van der Waals surface area contributed by atoms with E-state index in [9.17, 15) is 52.3 Å². The minimum Gasteiger partial charge on any atom is -0.229 e. The lowest BCUT2D eigenvalue weighted by Gasteiger charge is -2.20. The molecular weight excluding hydrogens is 374 g/mol. The molecule has 0 saturated carbocycles. The van der Waals surface area contributed by atoms with Crippen LogP contribution in [0, 0.1) is 0 Å². The highest BCUT2D eigenvalue weighted by atomic mass is 32.2. The van der Waals surface area contributed by atoms with Crippen molar-refractivity contribution in [1.82, 2.24) is 0 Å². The molecule has 0 aliphatic rings. The Labute approximate surface area is 124 Å². The van der Waals surface area contributed by atoms with Gasteiger partial charge in [0.05, 0.1) is 11.5 Å². The first-order valence-corrected chi connectivity index (χ1v) is 7.83. The van der Waals surface area contributed by atoms with Gasteiger partial charge in [-0.15, -0.1) is 0 Å². The van der Waals surface area contributed by atoms with Crippen LogP contribution in [0.5, 0.6) is 0 Å². The Bertz CT molecular complexity index is 439. The molecule has 0 bridgehead atoms. The van der Waals surface area contributed by atoms with Crippen molar-refractivity contribution in [3.05, 3.63) is 0 Å². The van der Waals surface area contributed by atoms with Gasteiger partial charge in [-0.2, -0.15) is 43.9 Å². The highest BCUT2D eigenvalue weighted by Crippen LogP contribution is 2.40. The number of hydrogen-bond acceptors (Lipinski definition) is 2. The maximum absolute atomic E-state index is 12.5. The quantitative estimate of drug-likeness (QED) is 0.581. The van der Waals surface area contributed by atoms with E-state index < -0.39 is 71.2 Å². The van der Waals surface area contributed by atoms with Crippen molar-refractivity contribution in [1.29, 1.82) is 0 Å². The predicted molar refractivity (Wildman–Crippen MR) is 59.1 cm³/mol. The van der Waals surface area contributed by atoms with E-state index in [2.05, 4.69) is 0 Å². The zero-order chi connectivity index (χ0) is 18.7. The van der Waals surface area contributed by atoms with Crippen molar-refractivity contribution >= 4 is 9.84 Å². The van der Waals surface area contributed by atoms with Crippen LogP contribution < -0.4 is 0 Å². The van der Waals surface area contributed by atoms with Gasteiger partial charge in [0.15, 0.2) is 0 Å². The molecule has 13 heteroatoms. The van der Waals surface area contributed by atoms with Gasteiger partial charge < -0.3 is 0 Å². The van der Waals surface area contributed by atoms with Crippen LogP contribution in [0.3, 0.4) is 0 Å². The average Bonchev–Trinajstić information content (AvgIpc) is 2.24. The molecule has 0 unspecified atom stereocenters. The largest absolute Gasteiger partial charge is 0.453 e. The van der Waals surface area contributed by atoms with Crippen LogP contribution >= 0.6 is 0 Å². The molecule has 0 N–H and O–H groups in total. The van der Waals surface area contributed by atoms with E-state index >= 15 is 0 Å². The van der Waals surface area contributed by atoms with Crippen molar-refractivity contribution in [2.24, 2.45) is 0 Å². The molecule has 0 spiro atoms. The summed E-state index contributed by atoms with van der Waals surface area (Å²) in [5.74, 6) is -12.6. The van der Waals surface area contributed by atoms with Crippen molar-refractivity contribution < 1.29 is 52.3 Å². The maximum Gasteiger partial charge on any atom is 0.453 e. The Morgan fingerprint density at radius 1 is 0.565 bits per heavy atom. The predicted octanol–water partition coefficient (Wildman–Crippen LogP) is 4.36. The minimum absolute atomic E-state index is 1.11. The second-order valence-corrected chi connectivity index (χ2v) is 7.07. The molecule has 0 aromatic rings. The Morgan fingerprint density at radius 3 is 1.04 bits per heavy atom. The second kappa shape index (κ2) is 7.01. The summed E-state index contributed by atoms with van der Waals surface area (Å²) in [5, 5.41) is 0. The van der Waals surface area contributed by atoms with Crippen LogP contribution in [0.15, 0.2) is 0 Å². The van der Waals surface area contributed by atoms with Crippen LogP contribution in [-0.4, -0.2) is 44.1 Å². The Hall–Kier alpha value is -0.750. The monoisotopic (exact) mass is 386 g/mol. The third-order valence-corrected chi connectivity index (χ3v) is 4.54. The third-order valence-electron chi connectivity index (χ3n) is 2.72. The number of alkyl halides is 10. The lowest BCUT2D eigenvalue weighted by Crippen LogP contribution is -2.37. The molecule has 140 valence electrons. The van der Waals surface area contributed by atoms with Crippen molar-refractivity contribution in [2.75, 3.05) is 11.5 Å². The Morgan fingerprint density at radius 2 is 0.826 bits per heavy atom. The molecule has 0 aliphatic heterocycles. The lowest BCUT2D eigenvalue weighted by molar-refractivity contribution is -0.284. The standard InChI is InChI=1S/C10H12F10O2S/c11-7(12,9(15,16)17)3-1-5-23(21,22)6-2-4-8(13,14)10(18,19)20/h1-6H2. The van der Waals surface area contributed by atoms with Gasteiger partial charge in [0, 0.05) is 12.8 Å². The number of hydrogen-bond donors (Lipinski definition) is 0. The Kier molecular flexibility index (Phi) is 6.78. The summed E-state index contributed by atoms with van der Waals surface area (Å²) in [6.45, 7) is 0. The molecule has 0 fully saturated rings. The van der Waals surface area contributed by atoms with Gasteiger partial charge in [-0.25, -0.2) is 8.42 Å². The highest BCUT2D eigenvalue weighted by molar-refractivity contribution is 7.91. The molecule has 0 rings (SSSR count). The van der Waals surface area contributed by atoms with Gasteiger partial charge >= 0.3 is 24.2 Å². The first-order chi connectivity index (χ1) is 9.91. The van der Waals surface area contributed by atoms with Crippen LogP contribution in [0.1, 0.15) is 25.7 Å². The summed E-state index contributed by atoms with van der Waals surface area (Å²) in [4.78, 5) is 0. The van der Waals surface area contributed by atoms with E-state index in [1.54, 1.807) is 0 Å². The van der Waals surface area contributed by atoms with Crippen LogP contribution in [0.2, 0.25) is 0 Å².